The van der Waals surface area contributed by atoms with Crippen LogP contribution in [0.5, 0.6) is 0 Å². The zero-order valence-electron chi connectivity index (χ0n) is 9.48. The second kappa shape index (κ2) is 3.95. The van der Waals surface area contributed by atoms with Gasteiger partial charge >= 0.3 is 0 Å². The third-order valence-corrected chi connectivity index (χ3v) is 2.98. The van der Waals surface area contributed by atoms with Crippen LogP contribution in [-0.4, -0.2) is 4.98 Å². The second-order valence-electron chi connectivity index (χ2n) is 4.11. The maximum Gasteiger partial charge on any atom is 0.0464 e. The van der Waals surface area contributed by atoms with Crippen LogP contribution < -0.4 is 0 Å². The molecule has 1 aromatic heterocycles. The SMILES string of the molecule is C=C(c1ccccc1)c1cc2ccccc2[nH]1. The minimum atomic E-state index is 1.03. The van der Waals surface area contributed by atoms with Gasteiger partial charge in [-0.2, -0.15) is 0 Å². The number of nitrogens with one attached hydrogen (secondary N) is 1. The quantitative estimate of drug-likeness (QED) is 0.664. The summed E-state index contributed by atoms with van der Waals surface area (Å²) in [6.45, 7) is 4.16. The number of fused-ring (bicyclic) bond motifs is 1. The standard InChI is InChI=1S/C16H13N/c1-12(13-7-3-2-4-8-13)16-11-14-9-5-6-10-15(14)17-16/h2-11,17H,1H2. The molecule has 17 heavy (non-hydrogen) atoms. The maximum absolute atomic E-state index is 4.16. The fourth-order valence-corrected chi connectivity index (χ4v) is 2.03. The number of hydrogen-bond acceptors (Lipinski definition) is 0. The van der Waals surface area contributed by atoms with E-state index in [1.54, 1.807) is 0 Å². The zero-order valence-corrected chi connectivity index (χ0v) is 9.48. The molecule has 0 unspecified atom stereocenters. The van der Waals surface area contributed by atoms with Crippen molar-refractivity contribution in [1.29, 1.82) is 0 Å². The van der Waals surface area contributed by atoms with Crippen LogP contribution in [0.3, 0.4) is 0 Å². The van der Waals surface area contributed by atoms with E-state index in [2.05, 4.69) is 41.9 Å². The topological polar surface area (TPSA) is 15.8 Å². The Kier molecular flexibility index (Phi) is 2.30. The first-order chi connectivity index (χ1) is 8.34. The van der Waals surface area contributed by atoms with Gasteiger partial charge in [0.05, 0.1) is 0 Å². The molecule has 82 valence electrons. The van der Waals surface area contributed by atoms with Crippen molar-refractivity contribution in [1.82, 2.24) is 4.98 Å². The van der Waals surface area contributed by atoms with Gasteiger partial charge in [-0.15, -0.1) is 0 Å². The van der Waals surface area contributed by atoms with Gasteiger partial charge in [-0.05, 0) is 23.3 Å². The summed E-state index contributed by atoms with van der Waals surface area (Å²) in [7, 11) is 0. The molecule has 0 radical (unpaired) electrons. The van der Waals surface area contributed by atoms with E-state index < -0.39 is 0 Å². The van der Waals surface area contributed by atoms with Crippen LogP contribution in [0.1, 0.15) is 11.3 Å². The molecule has 1 nitrogen and oxygen atoms in total. The molecule has 0 spiro atoms. The summed E-state index contributed by atoms with van der Waals surface area (Å²) in [6.07, 6.45) is 0. The fraction of sp³-hybridized carbons (Fsp3) is 0. The summed E-state index contributed by atoms with van der Waals surface area (Å²) in [5.41, 5.74) is 4.41. The average molecular weight is 219 g/mol. The smallest absolute Gasteiger partial charge is 0.0464 e. The predicted molar refractivity (Wildman–Crippen MR) is 72.9 cm³/mol. The molecule has 0 saturated heterocycles. The molecule has 0 saturated carbocycles. The van der Waals surface area contributed by atoms with Crippen molar-refractivity contribution in [2.75, 3.05) is 0 Å². The molecule has 1 heteroatoms. The maximum atomic E-state index is 4.16. The van der Waals surface area contributed by atoms with Crippen LogP contribution >= 0.6 is 0 Å². The van der Waals surface area contributed by atoms with Crippen molar-refractivity contribution >= 4 is 16.5 Å². The number of benzene rings is 2. The number of para-hydroxylation sites is 1. The van der Waals surface area contributed by atoms with E-state index in [9.17, 15) is 0 Å². The molecule has 0 fully saturated rings. The van der Waals surface area contributed by atoms with Gasteiger partial charge < -0.3 is 4.98 Å². The number of hydrogen-bond donors (Lipinski definition) is 1. The van der Waals surface area contributed by atoms with E-state index in [1.807, 2.05) is 30.3 Å². The number of H-pyrrole nitrogens is 1. The Labute approximate surface area is 100 Å². The first-order valence-corrected chi connectivity index (χ1v) is 5.67. The van der Waals surface area contributed by atoms with E-state index in [4.69, 9.17) is 0 Å². The number of aromatic amines is 1. The Hall–Kier alpha value is -2.28. The molecule has 0 aliphatic carbocycles. The van der Waals surface area contributed by atoms with Crippen LogP contribution in [-0.2, 0) is 0 Å². The highest BCUT2D eigenvalue weighted by atomic mass is 14.7. The summed E-state index contributed by atoms with van der Waals surface area (Å²) in [4.78, 5) is 3.39. The minimum Gasteiger partial charge on any atom is -0.355 e. The Morgan fingerprint density at radius 3 is 2.35 bits per heavy atom. The van der Waals surface area contributed by atoms with Gasteiger partial charge in [0.15, 0.2) is 0 Å². The summed E-state index contributed by atoms with van der Waals surface area (Å²) < 4.78 is 0. The van der Waals surface area contributed by atoms with Crippen LogP contribution in [0.25, 0.3) is 16.5 Å². The van der Waals surface area contributed by atoms with Crippen LogP contribution in [0.4, 0.5) is 0 Å². The minimum absolute atomic E-state index is 1.03. The van der Waals surface area contributed by atoms with Gasteiger partial charge in [-0.1, -0.05) is 55.1 Å². The van der Waals surface area contributed by atoms with Crippen LogP contribution in [0.15, 0.2) is 67.2 Å². The molecule has 1 N–H and O–H groups in total. The van der Waals surface area contributed by atoms with Gasteiger partial charge in [0, 0.05) is 16.6 Å². The predicted octanol–water partition coefficient (Wildman–Crippen LogP) is 4.23. The van der Waals surface area contributed by atoms with Crippen molar-refractivity contribution < 1.29 is 0 Å². The monoisotopic (exact) mass is 219 g/mol. The molecule has 3 aromatic rings. The van der Waals surface area contributed by atoms with Crippen molar-refractivity contribution in [3.05, 3.63) is 78.5 Å². The largest absolute Gasteiger partial charge is 0.355 e. The molecular formula is C16H13N. The highest BCUT2D eigenvalue weighted by Crippen LogP contribution is 2.24. The zero-order chi connectivity index (χ0) is 11.7. The third kappa shape index (κ3) is 1.76. The summed E-state index contributed by atoms with van der Waals surface area (Å²) in [5.74, 6) is 0. The normalized spacial score (nSPS) is 10.6. The van der Waals surface area contributed by atoms with Crippen molar-refractivity contribution in [3.63, 3.8) is 0 Å². The van der Waals surface area contributed by atoms with E-state index >= 15 is 0 Å². The van der Waals surface area contributed by atoms with E-state index in [0.29, 0.717) is 0 Å². The summed E-state index contributed by atoms with van der Waals surface area (Å²) >= 11 is 0. The number of rotatable bonds is 2. The van der Waals surface area contributed by atoms with Crippen molar-refractivity contribution in [2.24, 2.45) is 0 Å². The van der Waals surface area contributed by atoms with Gasteiger partial charge in [0.2, 0.25) is 0 Å². The molecule has 0 atom stereocenters. The summed E-state index contributed by atoms with van der Waals surface area (Å²) in [5, 5.41) is 1.22. The summed E-state index contributed by atoms with van der Waals surface area (Å²) in [6, 6.07) is 20.6. The molecule has 2 aromatic carbocycles. The molecular weight excluding hydrogens is 206 g/mol. The first-order valence-electron chi connectivity index (χ1n) is 5.67. The van der Waals surface area contributed by atoms with E-state index in [-0.39, 0.29) is 0 Å². The van der Waals surface area contributed by atoms with Crippen molar-refractivity contribution in [3.8, 4) is 0 Å². The van der Waals surface area contributed by atoms with Crippen LogP contribution in [0.2, 0.25) is 0 Å². The molecule has 0 aliphatic rings. The number of aromatic nitrogens is 1. The Morgan fingerprint density at radius 2 is 1.59 bits per heavy atom. The lowest BCUT2D eigenvalue weighted by molar-refractivity contribution is 1.39. The van der Waals surface area contributed by atoms with E-state index in [0.717, 1.165) is 22.3 Å². The third-order valence-electron chi connectivity index (χ3n) is 2.98. The second-order valence-corrected chi connectivity index (χ2v) is 4.11. The fourth-order valence-electron chi connectivity index (χ4n) is 2.03. The van der Waals surface area contributed by atoms with Gasteiger partial charge in [-0.3, -0.25) is 0 Å². The van der Waals surface area contributed by atoms with Crippen LogP contribution in [0, 0.1) is 0 Å². The Bertz CT molecular complexity index is 629. The van der Waals surface area contributed by atoms with Gasteiger partial charge in [-0.25, -0.2) is 0 Å². The van der Waals surface area contributed by atoms with Gasteiger partial charge in [0.1, 0.15) is 0 Å². The first kappa shape index (κ1) is 9.91. The Morgan fingerprint density at radius 1 is 0.882 bits per heavy atom. The average Bonchev–Trinajstić information content (AvgIpc) is 2.82. The highest BCUT2D eigenvalue weighted by molar-refractivity contribution is 5.87. The van der Waals surface area contributed by atoms with Gasteiger partial charge in [0.25, 0.3) is 0 Å². The molecule has 0 bridgehead atoms. The Balaban J connectivity index is 2.07. The lowest BCUT2D eigenvalue weighted by Gasteiger charge is -2.02. The molecule has 0 amide bonds. The molecule has 3 rings (SSSR count). The van der Waals surface area contributed by atoms with E-state index in [1.165, 1.54) is 5.39 Å². The highest BCUT2D eigenvalue weighted by Gasteiger charge is 2.05. The molecule has 0 aliphatic heterocycles. The lowest BCUT2D eigenvalue weighted by Crippen LogP contribution is -1.84. The molecule has 1 heterocycles. The van der Waals surface area contributed by atoms with Crippen molar-refractivity contribution in [2.45, 2.75) is 0 Å². The lowest BCUT2D eigenvalue weighted by atomic mass is 10.1.